The number of hydrogen-bond donors (Lipinski definition) is 1. The fraction of sp³-hybridized carbons (Fsp3) is 0.118. The van der Waals surface area contributed by atoms with Gasteiger partial charge in [0.25, 0.3) is 5.56 Å². The Hall–Kier alpha value is -2.18. The number of hydrogen-bond acceptors (Lipinski definition) is 3. The van der Waals surface area contributed by atoms with Gasteiger partial charge in [-0.15, -0.1) is 0 Å². The van der Waals surface area contributed by atoms with E-state index >= 15 is 0 Å². The molecule has 122 valence electrons. The molecule has 3 rings (SSSR count). The van der Waals surface area contributed by atoms with Crippen LogP contribution in [0.2, 0.25) is 5.02 Å². The van der Waals surface area contributed by atoms with Crippen LogP contribution in [0.25, 0.3) is 10.9 Å². The van der Waals surface area contributed by atoms with Gasteiger partial charge in [0.1, 0.15) is 6.54 Å². The molecule has 0 bridgehead atoms. The van der Waals surface area contributed by atoms with Crippen LogP contribution in [-0.2, 0) is 17.9 Å². The second-order valence-corrected chi connectivity index (χ2v) is 6.50. The van der Waals surface area contributed by atoms with Crippen LogP contribution in [0.4, 0.5) is 0 Å². The third-order valence-corrected chi connectivity index (χ3v) is 4.54. The van der Waals surface area contributed by atoms with E-state index in [0.717, 1.165) is 10.0 Å². The van der Waals surface area contributed by atoms with Crippen molar-refractivity contribution in [3.63, 3.8) is 0 Å². The molecule has 0 saturated carbocycles. The van der Waals surface area contributed by atoms with Crippen molar-refractivity contribution >= 4 is 44.3 Å². The minimum Gasteiger partial charge on any atom is -0.350 e. The predicted octanol–water partition coefficient (Wildman–Crippen LogP) is 3.13. The number of aromatic nitrogens is 2. The van der Waals surface area contributed by atoms with Crippen molar-refractivity contribution in [3.8, 4) is 0 Å². The number of nitrogens with one attached hydrogen (secondary N) is 1. The van der Waals surface area contributed by atoms with Crippen LogP contribution in [0.3, 0.4) is 0 Å². The van der Waals surface area contributed by atoms with Gasteiger partial charge in [0.05, 0.1) is 17.2 Å². The zero-order valence-electron chi connectivity index (χ0n) is 12.5. The first kappa shape index (κ1) is 16.7. The SMILES string of the molecule is O=C(Cn1cnc2ccc(Cl)cc2c1=O)NCc1ccccc1Br. The van der Waals surface area contributed by atoms with E-state index in [1.165, 1.54) is 10.9 Å². The number of fused-ring (bicyclic) bond motifs is 1. The summed E-state index contributed by atoms with van der Waals surface area (Å²) in [6.07, 6.45) is 1.37. The lowest BCUT2D eigenvalue weighted by Crippen LogP contribution is -2.32. The number of amides is 1. The maximum atomic E-state index is 12.4. The second-order valence-electron chi connectivity index (χ2n) is 5.21. The minimum atomic E-state index is -0.293. The first-order valence-electron chi connectivity index (χ1n) is 7.19. The van der Waals surface area contributed by atoms with Crippen molar-refractivity contribution in [1.29, 1.82) is 0 Å². The summed E-state index contributed by atoms with van der Waals surface area (Å²) in [6, 6.07) is 12.5. The van der Waals surface area contributed by atoms with Crippen molar-refractivity contribution in [1.82, 2.24) is 14.9 Å². The van der Waals surface area contributed by atoms with Gasteiger partial charge in [-0.2, -0.15) is 0 Å². The van der Waals surface area contributed by atoms with Crippen LogP contribution in [-0.4, -0.2) is 15.5 Å². The highest BCUT2D eigenvalue weighted by Crippen LogP contribution is 2.15. The molecule has 0 fully saturated rings. The molecule has 1 N–H and O–H groups in total. The van der Waals surface area contributed by atoms with E-state index in [2.05, 4.69) is 26.2 Å². The molecular weight excluding hydrogens is 394 g/mol. The fourth-order valence-corrected chi connectivity index (χ4v) is 2.89. The Bertz CT molecular complexity index is 971. The maximum Gasteiger partial charge on any atom is 0.261 e. The Morgan fingerprint density at radius 3 is 2.83 bits per heavy atom. The quantitative estimate of drug-likeness (QED) is 0.724. The zero-order chi connectivity index (χ0) is 17.1. The van der Waals surface area contributed by atoms with E-state index in [0.29, 0.717) is 22.5 Å². The third kappa shape index (κ3) is 3.66. The molecule has 1 amide bonds. The Morgan fingerprint density at radius 1 is 1.25 bits per heavy atom. The molecule has 3 aromatic rings. The average Bonchev–Trinajstić information content (AvgIpc) is 2.57. The van der Waals surface area contributed by atoms with Crippen LogP contribution < -0.4 is 10.9 Å². The summed E-state index contributed by atoms with van der Waals surface area (Å²) >= 11 is 9.35. The molecule has 0 atom stereocenters. The van der Waals surface area contributed by atoms with Gasteiger partial charge in [0.2, 0.25) is 5.91 Å². The van der Waals surface area contributed by atoms with Crippen LogP contribution in [0.1, 0.15) is 5.56 Å². The highest BCUT2D eigenvalue weighted by molar-refractivity contribution is 9.10. The molecule has 0 aliphatic heterocycles. The number of rotatable bonds is 4. The first-order chi connectivity index (χ1) is 11.5. The highest BCUT2D eigenvalue weighted by atomic mass is 79.9. The van der Waals surface area contributed by atoms with E-state index in [-0.39, 0.29) is 18.0 Å². The summed E-state index contributed by atoms with van der Waals surface area (Å²) in [7, 11) is 0. The monoisotopic (exact) mass is 405 g/mol. The molecular formula is C17H13BrClN3O2. The van der Waals surface area contributed by atoms with E-state index in [1.807, 2.05) is 24.3 Å². The van der Waals surface area contributed by atoms with E-state index in [4.69, 9.17) is 11.6 Å². The van der Waals surface area contributed by atoms with Gasteiger partial charge in [-0.1, -0.05) is 45.7 Å². The van der Waals surface area contributed by atoms with Crippen LogP contribution >= 0.6 is 27.5 Å². The number of carbonyl (C=O) groups is 1. The zero-order valence-corrected chi connectivity index (χ0v) is 14.8. The lowest BCUT2D eigenvalue weighted by molar-refractivity contribution is -0.121. The number of nitrogens with zero attached hydrogens (tertiary/aromatic N) is 2. The van der Waals surface area contributed by atoms with Gasteiger partial charge in [-0.3, -0.25) is 14.2 Å². The summed E-state index contributed by atoms with van der Waals surface area (Å²) in [4.78, 5) is 28.7. The molecule has 0 aliphatic carbocycles. The Labute approximate surface area is 151 Å². The second kappa shape index (κ2) is 7.15. The summed E-state index contributed by atoms with van der Waals surface area (Å²) in [5, 5.41) is 3.64. The normalized spacial score (nSPS) is 10.8. The van der Waals surface area contributed by atoms with Crippen molar-refractivity contribution in [2.75, 3.05) is 0 Å². The number of benzene rings is 2. The summed E-state index contributed by atoms with van der Waals surface area (Å²) in [5.41, 5.74) is 1.22. The van der Waals surface area contributed by atoms with Gasteiger partial charge in [0, 0.05) is 16.0 Å². The highest BCUT2D eigenvalue weighted by Gasteiger charge is 2.09. The van der Waals surface area contributed by atoms with Gasteiger partial charge in [-0.25, -0.2) is 4.98 Å². The van der Waals surface area contributed by atoms with E-state index < -0.39 is 0 Å². The van der Waals surface area contributed by atoms with Crippen molar-refractivity contribution in [2.24, 2.45) is 0 Å². The fourth-order valence-electron chi connectivity index (χ4n) is 2.29. The lowest BCUT2D eigenvalue weighted by atomic mass is 10.2. The molecule has 0 spiro atoms. The largest absolute Gasteiger partial charge is 0.350 e. The van der Waals surface area contributed by atoms with Gasteiger partial charge in [-0.05, 0) is 29.8 Å². The van der Waals surface area contributed by atoms with Gasteiger partial charge in [0.15, 0.2) is 0 Å². The van der Waals surface area contributed by atoms with Crippen molar-refractivity contribution in [3.05, 3.63) is 74.2 Å². The summed E-state index contributed by atoms with van der Waals surface area (Å²) in [6.45, 7) is 0.278. The smallest absolute Gasteiger partial charge is 0.261 e. The topological polar surface area (TPSA) is 64.0 Å². The molecule has 0 aliphatic rings. The Morgan fingerprint density at radius 2 is 2.04 bits per heavy atom. The summed E-state index contributed by atoms with van der Waals surface area (Å²) in [5.74, 6) is -0.268. The molecule has 24 heavy (non-hydrogen) atoms. The molecule has 7 heteroatoms. The van der Waals surface area contributed by atoms with Crippen molar-refractivity contribution < 1.29 is 4.79 Å². The molecule has 1 heterocycles. The molecule has 1 aromatic heterocycles. The average molecular weight is 407 g/mol. The molecule has 0 radical (unpaired) electrons. The molecule has 0 saturated heterocycles. The Kier molecular flexibility index (Phi) is 4.97. The minimum absolute atomic E-state index is 0.0985. The lowest BCUT2D eigenvalue weighted by Gasteiger charge is -2.09. The van der Waals surface area contributed by atoms with Gasteiger partial charge >= 0.3 is 0 Å². The Balaban J connectivity index is 1.75. The standard InChI is InChI=1S/C17H13BrClN3O2/c18-14-4-2-1-3-11(14)8-20-16(23)9-22-10-21-15-6-5-12(19)7-13(15)17(22)24/h1-7,10H,8-9H2,(H,20,23). The summed E-state index contributed by atoms with van der Waals surface area (Å²) < 4.78 is 2.19. The number of carbonyl (C=O) groups excluding carboxylic acids is 1. The maximum absolute atomic E-state index is 12.4. The van der Waals surface area contributed by atoms with E-state index in [1.54, 1.807) is 18.2 Å². The van der Waals surface area contributed by atoms with Crippen LogP contribution in [0.15, 0.2) is 58.1 Å². The van der Waals surface area contributed by atoms with Crippen LogP contribution in [0.5, 0.6) is 0 Å². The van der Waals surface area contributed by atoms with E-state index in [9.17, 15) is 9.59 Å². The van der Waals surface area contributed by atoms with Gasteiger partial charge < -0.3 is 5.32 Å². The molecule has 2 aromatic carbocycles. The van der Waals surface area contributed by atoms with Crippen molar-refractivity contribution in [2.45, 2.75) is 13.1 Å². The molecule has 0 unspecified atom stereocenters. The third-order valence-electron chi connectivity index (χ3n) is 3.53. The first-order valence-corrected chi connectivity index (χ1v) is 8.36. The number of halogens is 2. The van der Waals surface area contributed by atoms with Crippen LogP contribution in [0, 0.1) is 0 Å². The molecule has 5 nitrogen and oxygen atoms in total. The predicted molar refractivity (Wildman–Crippen MR) is 97.0 cm³/mol.